The van der Waals surface area contributed by atoms with Crippen LogP contribution in [-0.2, 0) is 0 Å². The van der Waals surface area contributed by atoms with Crippen molar-refractivity contribution >= 4 is 51.0 Å². The Morgan fingerprint density at radius 3 is 1.00 bits per heavy atom. The molecule has 0 aliphatic heterocycles. The molecule has 0 saturated heterocycles. The molecular weight excluding hydrogens is 426 g/mol. The van der Waals surface area contributed by atoms with E-state index in [0.29, 0.717) is 0 Å². The van der Waals surface area contributed by atoms with Crippen LogP contribution in [0.1, 0.15) is 1.43 Å². The zero-order valence-electron chi connectivity index (χ0n) is 4.10. The average molecular weight is 432 g/mol. The maximum atomic E-state index is 0. The van der Waals surface area contributed by atoms with E-state index in [9.17, 15) is 0 Å². The van der Waals surface area contributed by atoms with Crippen molar-refractivity contribution in [3.05, 3.63) is 0 Å². The Hall–Kier alpha value is 3.26. The molecule has 0 atom stereocenters. The van der Waals surface area contributed by atoms with Gasteiger partial charge in [-0.3, -0.25) is 0 Å². The third-order valence-electron chi connectivity index (χ3n) is 0. The molecule has 0 aliphatic carbocycles. The number of hydrogen-bond donors (Lipinski definition) is 0. The summed E-state index contributed by atoms with van der Waals surface area (Å²) >= 11 is 0. The van der Waals surface area contributed by atoms with E-state index in [0.717, 1.165) is 0 Å². The fraction of sp³-hybridized carbons (Fsp3) is 0. The average Bonchev–Trinajstić information content (AvgIpc) is 0. The molecule has 0 aromatic carbocycles. The van der Waals surface area contributed by atoms with Crippen molar-refractivity contribution in [3.8, 4) is 0 Å². The molecule has 0 amide bonds. The third-order valence-corrected chi connectivity index (χ3v) is 0. The predicted molar refractivity (Wildman–Crippen MR) is 25.5 cm³/mol. The topological polar surface area (TPSA) is 0 Å². The van der Waals surface area contributed by atoms with Crippen molar-refractivity contribution in [3.63, 3.8) is 0 Å². The van der Waals surface area contributed by atoms with E-state index in [1.165, 1.54) is 0 Å². The van der Waals surface area contributed by atoms with Crippen LogP contribution in [0.3, 0.4) is 0 Å². The van der Waals surface area contributed by atoms with E-state index in [1.807, 2.05) is 0 Å². The van der Waals surface area contributed by atoms with Crippen LogP contribution in [0, 0.1) is 35.6 Å². The van der Waals surface area contributed by atoms with Crippen molar-refractivity contribution < 1.29 is 55.9 Å². The van der Waals surface area contributed by atoms with Crippen molar-refractivity contribution in [1.29, 1.82) is 0 Å². The Balaban J connectivity index is 0. The Bertz CT molecular complexity index is 13.5. The largest absolute Gasteiger partial charge is 1.00 e. The Morgan fingerprint density at radius 2 is 1.00 bits per heavy atom. The molecule has 0 nitrogen and oxygen atoms in total. The molecular formula is H6BiCl2LaLi. The first kappa shape index (κ1) is 41.0. The molecule has 1 radical (unpaired) electrons. The minimum absolute atomic E-state index is 0. The molecule has 5 heteroatoms. The SMILES string of the molecule is Cl.Cl.[BiH3].[H-].[La].[Li+]. The molecule has 0 rings (SSSR count). The van der Waals surface area contributed by atoms with Gasteiger partial charge in [-0.25, -0.2) is 0 Å². The van der Waals surface area contributed by atoms with Gasteiger partial charge in [-0.05, 0) is 0 Å². The standard InChI is InChI=1S/Bi.2ClH.La.Li.4H/h;2*1H;;;;;;/q;;;;+1;;;;-1. The van der Waals surface area contributed by atoms with Gasteiger partial charge >= 0.3 is 45.1 Å². The van der Waals surface area contributed by atoms with Gasteiger partial charge in [-0.2, -0.15) is 0 Å². The van der Waals surface area contributed by atoms with E-state index in [4.69, 9.17) is 0 Å². The number of rotatable bonds is 0. The van der Waals surface area contributed by atoms with Crippen LogP contribution in [-0.4, -0.2) is 26.2 Å². The number of halogens is 2. The van der Waals surface area contributed by atoms with Gasteiger partial charge < -0.3 is 1.43 Å². The van der Waals surface area contributed by atoms with Crippen molar-refractivity contribution in [2.75, 3.05) is 0 Å². The van der Waals surface area contributed by atoms with E-state index in [1.54, 1.807) is 0 Å². The van der Waals surface area contributed by atoms with E-state index >= 15 is 0 Å². The Kier molecular flexibility index (Phi) is 220. The first-order chi connectivity index (χ1) is 0. The van der Waals surface area contributed by atoms with Crippen LogP contribution in [0.15, 0.2) is 0 Å². The molecule has 5 heavy (non-hydrogen) atoms. The molecule has 0 heterocycles. The van der Waals surface area contributed by atoms with Crippen LogP contribution in [0.25, 0.3) is 0 Å². The third kappa shape index (κ3) is 18.9. The summed E-state index contributed by atoms with van der Waals surface area (Å²) in [6.07, 6.45) is 0. The maximum absolute atomic E-state index is 0. The first-order valence-corrected chi connectivity index (χ1v) is 0. The first-order valence-electron chi connectivity index (χ1n) is 0. The van der Waals surface area contributed by atoms with Crippen LogP contribution in [0.4, 0.5) is 0 Å². The van der Waals surface area contributed by atoms with Gasteiger partial charge in [0.1, 0.15) is 0 Å². The Labute approximate surface area is 105 Å². The summed E-state index contributed by atoms with van der Waals surface area (Å²) in [5.74, 6) is 0. The van der Waals surface area contributed by atoms with E-state index < -0.39 is 0 Å². The summed E-state index contributed by atoms with van der Waals surface area (Å²) in [5, 5.41) is 0. The molecule has 0 aromatic rings. The van der Waals surface area contributed by atoms with Crippen LogP contribution < -0.4 is 18.9 Å². The normalized spacial score (nSPS) is 0. The molecule has 0 fully saturated rings. The fourth-order valence-electron chi connectivity index (χ4n) is 0. The second-order valence-corrected chi connectivity index (χ2v) is 0. The zero-order valence-corrected chi connectivity index (χ0v) is 13.9. The monoisotopic (exact) mass is 431 g/mol. The second-order valence-electron chi connectivity index (χ2n) is 0. The van der Waals surface area contributed by atoms with Crippen LogP contribution in [0.5, 0.6) is 0 Å². The summed E-state index contributed by atoms with van der Waals surface area (Å²) in [6.45, 7) is 0. The van der Waals surface area contributed by atoms with Gasteiger partial charge in [0.2, 0.25) is 0 Å². The van der Waals surface area contributed by atoms with Gasteiger partial charge in [-0.1, -0.05) is 0 Å². The maximum Gasteiger partial charge on any atom is 1.00 e. The van der Waals surface area contributed by atoms with Gasteiger partial charge in [0, 0.05) is 35.6 Å². The summed E-state index contributed by atoms with van der Waals surface area (Å²) in [4.78, 5) is 0. The number of hydrogen-bond acceptors (Lipinski definition) is 0. The van der Waals surface area contributed by atoms with Gasteiger partial charge in [0.05, 0.1) is 0 Å². The molecule has 0 spiro atoms. The fourth-order valence-corrected chi connectivity index (χ4v) is 0. The molecule has 0 bridgehead atoms. The minimum atomic E-state index is 0. The zero-order chi connectivity index (χ0) is 0. The van der Waals surface area contributed by atoms with Gasteiger partial charge in [-0.15, -0.1) is 24.8 Å². The predicted octanol–water partition coefficient (Wildman–Crippen LogP) is -3.22. The van der Waals surface area contributed by atoms with Crippen molar-refractivity contribution in [1.82, 2.24) is 0 Å². The minimum Gasteiger partial charge on any atom is -1.00 e. The summed E-state index contributed by atoms with van der Waals surface area (Å²) in [6, 6.07) is 0. The molecule has 0 N–H and O–H groups in total. The molecule has 0 aliphatic rings. The second kappa shape index (κ2) is 26.8. The van der Waals surface area contributed by atoms with E-state index in [2.05, 4.69) is 0 Å². The molecule has 29 valence electrons. The molecule has 0 aromatic heterocycles. The summed E-state index contributed by atoms with van der Waals surface area (Å²) in [5.41, 5.74) is 0. The molecule has 0 saturated carbocycles. The summed E-state index contributed by atoms with van der Waals surface area (Å²) < 4.78 is 0. The van der Waals surface area contributed by atoms with Crippen LogP contribution >= 0.6 is 24.8 Å². The van der Waals surface area contributed by atoms with Gasteiger partial charge in [0.15, 0.2) is 0 Å². The Morgan fingerprint density at radius 1 is 1.00 bits per heavy atom. The smallest absolute Gasteiger partial charge is 1.00 e. The summed E-state index contributed by atoms with van der Waals surface area (Å²) in [7, 11) is 0. The van der Waals surface area contributed by atoms with Gasteiger partial charge in [0.25, 0.3) is 0 Å². The van der Waals surface area contributed by atoms with Crippen molar-refractivity contribution in [2.24, 2.45) is 0 Å². The van der Waals surface area contributed by atoms with E-state index in [-0.39, 0.29) is 107 Å². The van der Waals surface area contributed by atoms with Crippen LogP contribution in [0.2, 0.25) is 0 Å². The molecule has 0 unspecified atom stereocenters. The van der Waals surface area contributed by atoms with Crippen molar-refractivity contribution in [2.45, 2.75) is 0 Å². The quantitative estimate of drug-likeness (QED) is 0.354.